The van der Waals surface area contributed by atoms with Crippen molar-refractivity contribution in [3.8, 4) is 11.1 Å². The summed E-state index contributed by atoms with van der Waals surface area (Å²) in [6, 6.07) is 20.9. The quantitative estimate of drug-likeness (QED) is 0.560. The van der Waals surface area contributed by atoms with Crippen molar-refractivity contribution >= 4 is 23.8 Å². The summed E-state index contributed by atoms with van der Waals surface area (Å²) in [5.74, 6) is -0.445. The summed E-state index contributed by atoms with van der Waals surface area (Å²) >= 11 is 5.66. The standard InChI is InChI=1S/C24H19ClFNO2/c25-22-12-11-16(14-23(22)26)6-5-13-27-24(28)29-15-21-19-9-3-1-7-17(19)18-8-2-4-10-20(18)21/h1-12,14,21H,13,15H2,(H,27,28). The van der Waals surface area contributed by atoms with E-state index < -0.39 is 11.9 Å². The topological polar surface area (TPSA) is 38.3 Å². The summed E-state index contributed by atoms with van der Waals surface area (Å²) in [5.41, 5.74) is 5.39. The second-order valence-corrected chi connectivity index (χ2v) is 7.19. The van der Waals surface area contributed by atoms with Gasteiger partial charge in [0, 0.05) is 12.5 Å². The second-order valence-electron chi connectivity index (χ2n) is 6.78. The fraction of sp³-hybridized carbons (Fsp3) is 0.125. The minimum atomic E-state index is -0.487. The van der Waals surface area contributed by atoms with E-state index in [-0.39, 0.29) is 24.1 Å². The molecule has 0 atom stereocenters. The van der Waals surface area contributed by atoms with E-state index in [1.54, 1.807) is 18.2 Å². The third-order valence-electron chi connectivity index (χ3n) is 4.96. The molecule has 3 aromatic carbocycles. The van der Waals surface area contributed by atoms with E-state index in [1.165, 1.54) is 34.4 Å². The summed E-state index contributed by atoms with van der Waals surface area (Å²) in [5, 5.41) is 2.77. The van der Waals surface area contributed by atoms with Crippen molar-refractivity contribution in [2.24, 2.45) is 0 Å². The molecule has 0 fully saturated rings. The molecule has 0 saturated heterocycles. The van der Waals surface area contributed by atoms with Crippen molar-refractivity contribution < 1.29 is 13.9 Å². The minimum absolute atomic E-state index is 0.0285. The Morgan fingerprint density at radius 2 is 1.69 bits per heavy atom. The van der Waals surface area contributed by atoms with Crippen LogP contribution in [0.1, 0.15) is 22.6 Å². The molecule has 5 heteroatoms. The highest BCUT2D eigenvalue weighted by atomic mass is 35.5. The zero-order chi connectivity index (χ0) is 20.2. The number of ether oxygens (including phenoxy) is 1. The minimum Gasteiger partial charge on any atom is -0.449 e. The van der Waals surface area contributed by atoms with E-state index in [9.17, 15) is 9.18 Å². The smallest absolute Gasteiger partial charge is 0.407 e. The molecule has 0 unspecified atom stereocenters. The highest BCUT2D eigenvalue weighted by Gasteiger charge is 2.28. The zero-order valence-corrected chi connectivity index (χ0v) is 16.3. The summed E-state index contributed by atoms with van der Waals surface area (Å²) in [6.45, 7) is 0.549. The molecular weight excluding hydrogens is 389 g/mol. The van der Waals surface area contributed by atoms with Gasteiger partial charge < -0.3 is 10.1 Å². The average Bonchev–Trinajstić information content (AvgIpc) is 3.06. The van der Waals surface area contributed by atoms with Gasteiger partial charge in [-0.25, -0.2) is 9.18 Å². The molecule has 0 heterocycles. The molecule has 3 aromatic rings. The molecule has 1 amide bonds. The molecule has 29 heavy (non-hydrogen) atoms. The number of nitrogens with one attached hydrogen (secondary N) is 1. The molecule has 0 radical (unpaired) electrons. The molecule has 1 aliphatic carbocycles. The van der Waals surface area contributed by atoms with Gasteiger partial charge >= 0.3 is 6.09 Å². The fourth-order valence-corrected chi connectivity index (χ4v) is 3.72. The Kier molecular flexibility index (Phi) is 5.63. The molecule has 146 valence electrons. The molecule has 1 N–H and O–H groups in total. The summed E-state index contributed by atoms with van der Waals surface area (Å²) in [4.78, 5) is 12.1. The Morgan fingerprint density at radius 1 is 1.03 bits per heavy atom. The van der Waals surface area contributed by atoms with E-state index in [2.05, 4.69) is 29.6 Å². The van der Waals surface area contributed by atoms with E-state index in [4.69, 9.17) is 16.3 Å². The Morgan fingerprint density at radius 3 is 2.34 bits per heavy atom. The van der Waals surface area contributed by atoms with Crippen LogP contribution in [0.4, 0.5) is 9.18 Å². The lowest BCUT2D eigenvalue weighted by Gasteiger charge is -2.14. The molecule has 0 bridgehead atoms. The Hall–Kier alpha value is -3.11. The van der Waals surface area contributed by atoms with Gasteiger partial charge in [-0.1, -0.05) is 78.4 Å². The van der Waals surface area contributed by atoms with Crippen LogP contribution in [0.3, 0.4) is 0 Å². The summed E-state index contributed by atoms with van der Waals surface area (Å²) < 4.78 is 18.9. The number of fused-ring (bicyclic) bond motifs is 3. The molecule has 0 spiro atoms. The number of amides is 1. The molecule has 0 aromatic heterocycles. The van der Waals surface area contributed by atoms with Crippen LogP contribution >= 0.6 is 11.6 Å². The van der Waals surface area contributed by atoms with E-state index in [0.29, 0.717) is 5.56 Å². The van der Waals surface area contributed by atoms with Crippen molar-refractivity contribution in [3.63, 3.8) is 0 Å². The van der Waals surface area contributed by atoms with Crippen LogP contribution in [0, 0.1) is 5.82 Å². The van der Waals surface area contributed by atoms with Crippen molar-refractivity contribution in [1.82, 2.24) is 5.32 Å². The number of hydrogen-bond donors (Lipinski definition) is 1. The lowest BCUT2D eigenvalue weighted by Crippen LogP contribution is -2.26. The van der Waals surface area contributed by atoms with E-state index >= 15 is 0 Å². The van der Waals surface area contributed by atoms with Gasteiger partial charge in [-0.15, -0.1) is 0 Å². The third-order valence-corrected chi connectivity index (χ3v) is 5.27. The number of carbonyl (C=O) groups is 1. The van der Waals surface area contributed by atoms with Gasteiger partial charge in [0.2, 0.25) is 0 Å². The largest absolute Gasteiger partial charge is 0.449 e. The highest BCUT2D eigenvalue weighted by Crippen LogP contribution is 2.44. The summed E-state index contributed by atoms with van der Waals surface area (Å²) in [6.07, 6.45) is 2.95. The van der Waals surface area contributed by atoms with E-state index in [1.807, 2.05) is 24.3 Å². The van der Waals surface area contributed by atoms with Crippen LogP contribution in [0.15, 0.2) is 72.8 Å². The lowest BCUT2D eigenvalue weighted by atomic mass is 9.98. The maximum absolute atomic E-state index is 13.4. The zero-order valence-electron chi connectivity index (χ0n) is 15.6. The van der Waals surface area contributed by atoms with Gasteiger partial charge in [0.05, 0.1) is 5.02 Å². The van der Waals surface area contributed by atoms with Crippen LogP contribution in [-0.4, -0.2) is 19.2 Å². The Balaban J connectivity index is 1.33. The van der Waals surface area contributed by atoms with Gasteiger partial charge in [-0.2, -0.15) is 0 Å². The Labute approximate surface area is 173 Å². The predicted octanol–water partition coefficient (Wildman–Crippen LogP) is 6.03. The van der Waals surface area contributed by atoms with Gasteiger partial charge in [-0.05, 0) is 39.9 Å². The highest BCUT2D eigenvalue weighted by molar-refractivity contribution is 6.30. The first-order valence-electron chi connectivity index (χ1n) is 9.34. The van der Waals surface area contributed by atoms with Crippen molar-refractivity contribution in [2.45, 2.75) is 5.92 Å². The van der Waals surface area contributed by atoms with Crippen molar-refractivity contribution in [3.05, 3.63) is 100 Å². The summed E-state index contributed by atoms with van der Waals surface area (Å²) in [7, 11) is 0. The normalized spacial score (nSPS) is 12.6. The van der Waals surface area contributed by atoms with Gasteiger partial charge in [0.1, 0.15) is 12.4 Å². The molecular formula is C24H19ClFNO2. The fourth-order valence-electron chi connectivity index (χ4n) is 3.60. The van der Waals surface area contributed by atoms with Crippen LogP contribution < -0.4 is 5.32 Å². The molecule has 0 saturated carbocycles. The predicted molar refractivity (Wildman–Crippen MR) is 114 cm³/mol. The first-order valence-corrected chi connectivity index (χ1v) is 9.71. The second kappa shape index (κ2) is 8.50. The maximum Gasteiger partial charge on any atom is 0.407 e. The van der Waals surface area contributed by atoms with Gasteiger partial charge in [-0.3, -0.25) is 0 Å². The number of benzene rings is 3. The van der Waals surface area contributed by atoms with Gasteiger partial charge in [0.15, 0.2) is 0 Å². The SMILES string of the molecule is O=C(NCC=Cc1ccc(Cl)c(F)c1)OCC1c2ccccc2-c2ccccc21. The van der Waals surface area contributed by atoms with Crippen LogP contribution in [0.2, 0.25) is 5.02 Å². The van der Waals surface area contributed by atoms with Crippen molar-refractivity contribution in [2.75, 3.05) is 13.2 Å². The first-order chi connectivity index (χ1) is 14.1. The number of hydrogen-bond acceptors (Lipinski definition) is 2. The van der Waals surface area contributed by atoms with Crippen LogP contribution in [0.25, 0.3) is 17.2 Å². The molecule has 3 nitrogen and oxygen atoms in total. The average molecular weight is 408 g/mol. The monoisotopic (exact) mass is 407 g/mol. The lowest BCUT2D eigenvalue weighted by molar-refractivity contribution is 0.144. The number of rotatable bonds is 5. The molecule has 0 aliphatic heterocycles. The number of alkyl carbamates (subject to hydrolysis) is 1. The van der Waals surface area contributed by atoms with E-state index in [0.717, 1.165) is 0 Å². The van der Waals surface area contributed by atoms with Gasteiger partial charge in [0.25, 0.3) is 0 Å². The maximum atomic E-state index is 13.4. The Bertz CT molecular complexity index is 1030. The van der Waals surface area contributed by atoms with Crippen molar-refractivity contribution in [1.29, 1.82) is 0 Å². The van der Waals surface area contributed by atoms with Crippen LogP contribution in [-0.2, 0) is 4.74 Å². The number of carbonyl (C=O) groups excluding carboxylic acids is 1. The van der Waals surface area contributed by atoms with Crippen LogP contribution in [0.5, 0.6) is 0 Å². The number of halogens is 2. The molecule has 1 aliphatic rings. The molecule has 4 rings (SSSR count). The first kappa shape index (κ1) is 19.2. The third kappa shape index (κ3) is 4.17.